The predicted octanol–water partition coefficient (Wildman–Crippen LogP) is 3.11. The van der Waals surface area contributed by atoms with E-state index in [0.29, 0.717) is 40.9 Å². The Kier molecular flexibility index (Phi) is 7.69. The molecule has 0 amide bonds. The standard InChI is InChI=1S/C20H24ClN7O2/c1-28(12-17(29)30-2)9-4-3-8-22-20-23-11-16-18(27-20)19(25-13-24-16)26-15-7-5-6-14(21)10-15/h5-7,10-11,13H,3-4,8-9,12H2,1-2H3,(H,22,23,27)(H,24,25,26). The zero-order valence-corrected chi connectivity index (χ0v) is 17.7. The van der Waals surface area contributed by atoms with Gasteiger partial charge in [0.25, 0.3) is 0 Å². The lowest BCUT2D eigenvalue weighted by atomic mass is 10.3. The van der Waals surface area contributed by atoms with Crippen molar-refractivity contribution in [2.24, 2.45) is 0 Å². The molecule has 9 nitrogen and oxygen atoms in total. The van der Waals surface area contributed by atoms with Gasteiger partial charge in [0.05, 0.1) is 19.9 Å². The third-order valence-corrected chi connectivity index (χ3v) is 4.58. The fourth-order valence-electron chi connectivity index (χ4n) is 2.80. The molecule has 0 aliphatic heterocycles. The number of anilines is 3. The van der Waals surface area contributed by atoms with Gasteiger partial charge in [-0.2, -0.15) is 0 Å². The monoisotopic (exact) mass is 429 g/mol. The number of hydrogen-bond donors (Lipinski definition) is 2. The molecule has 3 rings (SSSR count). The molecule has 0 radical (unpaired) electrons. The van der Waals surface area contributed by atoms with Gasteiger partial charge in [0.2, 0.25) is 5.95 Å². The number of halogens is 1. The van der Waals surface area contributed by atoms with E-state index in [9.17, 15) is 4.79 Å². The van der Waals surface area contributed by atoms with E-state index in [1.807, 2.05) is 36.2 Å². The van der Waals surface area contributed by atoms with Crippen molar-refractivity contribution in [3.05, 3.63) is 41.8 Å². The van der Waals surface area contributed by atoms with E-state index in [1.165, 1.54) is 13.4 Å². The van der Waals surface area contributed by atoms with E-state index < -0.39 is 0 Å². The van der Waals surface area contributed by atoms with Crippen LogP contribution in [0.15, 0.2) is 36.8 Å². The van der Waals surface area contributed by atoms with Crippen molar-refractivity contribution in [2.45, 2.75) is 12.8 Å². The van der Waals surface area contributed by atoms with Gasteiger partial charge >= 0.3 is 5.97 Å². The molecule has 0 unspecified atom stereocenters. The summed E-state index contributed by atoms with van der Waals surface area (Å²) < 4.78 is 4.66. The first kappa shape index (κ1) is 21.7. The minimum absolute atomic E-state index is 0.232. The lowest BCUT2D eigenvalue weighted by Crippen LogP contribution is -2.27. The summed E-state index contributed by atoms with van der Waals surface area (Å²) in [5.74, 6) is 0.858. The van der Waals surface area contributed by atoms with Crippen LogP contribution >= 0.6 is 11.6 Å². The molecular weight excluding hydrogens is 406 g/mol. The summed E-state index contributed by atoms with van der Waals surface area (Å²) in [7, 11) is 3.29. The third kappa shape index (κ3) is 6.23. The van der Waals surface area contributed by atoms with Crippen LogP contribution in [0.25, 0.3) is 11.0 Å². The Morgan fingerprint density at radius 3 is 2.90 bits per heavy atom. The van der Waals surface area contributed by atoms with E-state index in [0.717, 1.165) is 25.1 Å². The number of ether oxygens (including phenoxy) is 1. The van der Waals surface area contributed by atoms with Gasteiger partial charge in [0, 0.05) is 17.3 Å². The molecule has 0 saturated heterocycles. The maximum absolute atomic E-state index is 11.2. The highest BCUT2D eigenvalue weighted by Crippen LogP contribution is 2.23. The number of rotatable bonds is 10. The highest BCUT2D eigenvalue weighted by Gasteiger charge is 2.09. The molecule has 2 N–H and O–H groups in total. The first-order valence-corrected chi connectivity index (χ1v) is 9.92. The second-order valence-corrected chi connectivity index (χ2v) is 7.17. The van der Waals surface area contributed by atoms with Crippen LogP contribution in [-0.2, 0) is 9.53 Å². The van der Waals surface area contributed by atoms with E-state index >= 15 is 0 Å². The van der Waals surface area contributed by atoms with Crippen molar-refractivity contribution in [2.75, 3.05) is 44.4 Å². The van der Waals surface area contributed by atoms with Crippen molar-refractivity contribution >= 4 is 46.1 Å². The number of carbonyl (C=O) groups excluding carboxylic acids is 1. The molecule has 0 aliphatic carbocycles. The van der Waals surface area contributed by atoms with E-state index in [2.05, 4.69) is 35.3 Å². The fourth-order valence-corrected chi connectivity index (χ4v) is 2.99. The van der Waals surface area contributed by atoms with Crippen LogP contribution < -0.4 is 10.6 Å². The summed E-state index contributed by atoms with van der Waals surface area (Å²) in [4.78, 5) is 30.6. The maximum atomic E-state index is 11.2. The van der Waals surface area contributed by atoms with Gasteiger partial charge in [-0.05, 0) is 44.6 Å². The summed E-state index contributed by atoms with van der Waals surface area (Å²) in [5.41, 5.74) is 2.07. The molecule has 0 spiro atoms. The number of carbonyl (C=O) groups is 1. The van der Waals surface area contributed by atoms with E-state index in [4.69, 9.17) is 11.6 Å². The average molecular weight is 430 g/mol. The Labute approximate surface area is 179 Å². The Morgan fingerprint density at radius 2 is 2.10 bits per heavy atom. The van der Waals surface area contributed by atoms with Crippen molar-refractivity contribution in [1.29, 1.82) is 0 Å². The Morgan fingerprint density at radius 1 is 1.23 bits per heavy atom. The number of nitrogens with one attached hydrogen (secondary N) is 2. The van der Waals surface area contributed by atoms with Crippen LogP contribution in [0, 0.1) is 0 Å². The highest BCUT2D eigenvalue weighted by atomic mass is 35.5. The molecule has 3 aromatic rings. The molecule has 0 atom stereocenters. The van der Waals surface area contributed by atoms with Crippen LogP contribution in [0.1, 0.15) is 12.8 Å². The number of nitrogens with zero attached hydrogens (tertiary/aromatic N) is 5. The van der Waals surface area contributed by atoms with Crippen LogP contribution in [0.2, 0.25) is 5.02 Å². The van der Waals surface area contributed by atoms with Gasteiger partial charge in [-0.1, -0.05) is 17.7 Å². The lowest BCUT2D eigenvalue weighted by molar-refractivity contribution is -0.141. The summed E-state index contributed by atoms with van der Waals surface area (Å²) in [6.07, 6.45) is 4.97. The summed E-state index contributed by atoms with van der Waals surface area (Å²) in [6, 6.07) is 7.38. The topological polar surface area (TPSA) is 105 Å². The van der Waals surface area contributed by atoms with Crippen molar-refractivity contribution in [1.82, 2.24) is 24.8 Å². The largest absolute Gasteiger partial charge is 0.468 e. The van der Waals surface area contributed by atoms with Gasteiger partial charge in [-0.15, -0.1) is 0 Å². The number of hydrogen-bond acceptors (Lipinski definition) is 9. The zero-order valence-electron chi connectivity index (χ0n) is 16.9. The molecule has 0 saturated carbocycles. The van der Waals surface area contributed by atoms with Gasteiger partial charge in [-0.25, -0.2) is 19.9 Å². The Balaban J connectivity index is 1.57. The molecule has 2 aromatic heterocycles. The number of fused-ring (bicyclic) bond motifs is 1. The summed E-state index contributed by atoms with van der Waals surface area (Å²) >= 11 is 6.05. The molecule has 30 heavy (non-hydrogen) atoms. The first-order chi connectivity index (χ1) is 14.5. The van der Waals surface area contributed by atoms with Crippen LogP contribution in [0.5, 0.6) is 0 Å². The summed E-state index contributed by atoms with van der Waals surface area (Å²) in [5, 5.41) is 7.09. The first-order valence-electron chi connectivity index (χ1n) is 9.54. The average Bonchev–Trinajstić information content (AvgIpc) is 2.73. The zero-order chi connectivity index (χ0) is 21.3. The molecule has 2 heterocycles. The smallest absolute Gasteiger partial charge is 0.319 e. The number of unbranched alkanes of at least 4 members (excludes halogenated alkanes) is 1. The van der Waals surface area contributed by atoms with Gasteiger partial charge < -0.3 is 15.4 Å². The second kappa shape index (κ2) is 10.7. The number of likely N-dealkylation sites (N-methyl/N-ethyl adjacent to an activating group) is 1. The quantitative estimate of drug-likeness (QED) is 0.371. The third-order valence-electron chi connectivity index (χ3n) is 4.34. The van der Waals surface area contributed by atoms with Crippen LogP contribution in [0.3, 0.4) is 0 Å². The predicted molar refractivity (Wildman–Crippen MR) is 117 cm³/mol. The Hall–Kier alpha value is -3.04. The highest BCUT2D eigenvalue weighted by molar-refractivity contribution is 6.30. The number of methoxy groups -OCH3 is 1. The molecule has 158 valence electrons. The molecule has 0 fully saturated rings. The van der Waals surface area contributed by atoms with Gasteiger partial charge in [-0.3, -0.25) is 9.69 Å². The van der Waals surface area contributed by atoms with Gasteiger partial charge in [0.1, 0.15) is 17.4 Å². The SMILES string of the molecule is COC(=O)CN(C)CCCCNc1ncc2ncnc(Nc3cccc(Cl)c3)c2n1. The number of esters is 1. The maximum Gasteiger partial charge on any atom is 0.319 e. The second-order valence-electron chi connectivity index (χ2n) is 6.73. The molecule has 0 bridgehead atoms. The van der Waals surface area contributed by atoms with Gasteiger partial charge in [0.15, 0.2) is 5.82 Å². The van der Waals surface area contributed by atoms with Crippen LogP contribution in [-0.4, -0.2) is 64.6 Å². The normalized spacial score (nSPS) is 10.9. The van der Waals surface area contributed by atoms with Crippen molar-refractivity contribution in [3.63, 3.8) is 0 Å². The molecule has 1 aromatic carbocycles. The van der Waals surface area contributed by atoms with E-state index in [-0.39, 0.29) is 5.97 Å². The minimum atomic E-state index is -0.232. The number of benzene rings is 1. The molecule has 10 heteroatoms. The van der Waals surface area contributed by atoms with Crippen molar-refractivity contribution < 1.29 is 9.53 Å². The van der Waals surface area contributed by atoms with E-state index in [1.54, 1.807) is 6.20 Å². The van der Waals surface area contributed by atoms with Crippen LogP contribution in [0.4, 0.5) is 17.5 Å². The summed E-state index contributed by atoms with van der Waals surface area (Å²) in [6.45, 7) is 1.80. The fraction of sp³-hybridized carbons (Fsp3) is 0.350. The minimum Gasteiger partial charge on any atom is -0.468 e. The Bertz CT molecular complexity index is 1000. The lowest BCUT2D eigenvalue weighted by Gasteiger charge is -2.14. The van der Waals surface area contributed by atoms with Crippen molar-refractivity contribution in [3.8, 4) is 0 Å². The molecular formula is C20H24ClN7O2. The number of aromatic nitrogens is 4. The molecule has 0 aliphatic rings.